The molecule has 0 amide bonds. The molecule has 5 nitrogen and oxygen atoms in total. The van der Waals surface area contributed by atoms with Crippen molar-refractivity contribution in [1.82, 2.24) is 19.2 Å². The Balaban J connectivity index is 1.40. The summed E-state index contributed by atoms with van der Waals surface area (Å²) in [6.07, 6.45) is 4.27. The van der Waals surface area contributed by atoms with E-state index in [9.17, 15) is 8.78 Å². The number of hydrogen-bond acceptors (Lipinski definition) is 7. The number of fused-ring (bicyclic) bond motifs is 1. The molecule has 2 saturated heterocycles. The van der Waals surface area contributed by atoms with E-state index in [0.29, 0.717) is 16.8 Å². The standard InChI is InChI=1S/C23H31F2N5S2/c1-4-7-17-12-20(27-23(26-17)31-14-16-8-6-9-18(24)21(16)25)28-32-30-11-10-15(5-2)22-19(13-30)29(22)3/h6,8-9,12,15,19,22H,4-5,7,10-11,13-14H2,1-3H3,(H,26,27,28). The Morgan fingerprint density at radius 1 is 1.22 bits per heavy atom. The first kappa shape index (κ1) is 23.7. The fraction of sp³-hybridized carbons (Fsp3) is 0.565. The molecule has 0 bridgehead atoms. The van der Waals surface area contributed by atoms with Gasteiger partial charge in [0.05, 0.1) is 0 Å². The second-order valence-electron chi connectivity index (χ2n) is 8.54. The highest BCUT2D eigenvalue weighted by atomic mass is 32.2. The zero-order valence-electron chi connectivity index (χ0n) is 18.9. The maximum absolute atomic E-state index is 14.0. The second-order valence-corrected chi connectivity index (χ2v) is 10.4. The molecule has 4 rings (SSSR count). The fourth-order valence-electron chi connectivity index (χ4n) is 4.51. The second kappa shape index (κ2) is 10.7. The molecule has 2 aliphatic rings. The van der Waals surface area contributed by atoms with Crippen LogP contribution in [0.3, 0.4) is 0 Å². The SMILES string of the molecule is CCCc1cc(NSN2CCC(CC)C3C(C2)N3C)nc(SCc2cccc(F)c2F)n1. The Bertz CT molecular complexity index is 931. The van der Waals surface area contributed by atoms with E-state index >= 15 is 0 Å². The molecule has 0 radical (unpaired) electrons. The van der Waals surface area contributed by atoms with Crippen LogP contribution in [0.25, 0.3) is 0 Å². The number of likely N-dealkylation sites (N-methyl/N-ethyl adjacent to an activating group) is 1. The van der Waals surface area contributed by atoms with Crippen LogP contribution in [0, 0.1) is 17.6 Å². The van der Waals surface area contributed by atoms with Gasteiger partial charge in [-0.2, -0.15) is 0 Å². The van der Waals surface area contributed by atoms with Gasteiger partial charge in [-0.25, -0.2) is 23.1 Å². The molecular weight excluding hydrogens is 448 g/mol. The molecule has 2 aliphatic heterocycles. The summed E-state index contributed by atoms with van der Waals surface area (Å²) in [4.78, 5) is 11.7. The molecule has 0 saturated carbocycles. The van der Waals surface area contributed by atoms with Crippen molar-refractivity contribution in [3.63, 3.8) is 0 Å². The fourth-order valence-corrected chi connectivity index (χ4v) is 6.11. The normalized spacial score (nSPS) is 25.3. The first-order valence-electron chi connectivity index (χ1n) is 11.3. The van der Waals surface area contributed by atoms with E-state index in [0.717, 1.165) is 55.5 Å². The van der Waals surface area contributed by atoms with Gasteiger partial charge in [0.25, 0.3) is 0 Å². The van der Waals surface area contributed by atoms with Crippen LogP contribution in [0.15, 0.2) is 29.4 Å². The summed E-state index contributed by atoms with van der Waals surface area (Å²) >= 11 is 2.94. The van der Waals surface area contributed by atoms with Gasteiger partial charge in [0.15, 0.2) is 16.8 Å². The van der Waals surface area contributed by atoms with Gasteiger partial charge in [-0.3, -0.25) is 4.90 Å². The summed E-state index contributed by atoms with van der Waals surface area (Å²) in [5, 5.41) is 0.576. The largest absolute Gasteiger partial charge is 0.301 e. The van der Waals surface area contributed by atoms with E-state index < -0.39 is 11.6 Å². The number of rotatable bonds is 9. The zero-order valence-corrected chi connectivity index (χ0v) is 20.5. The molecular formula is C23H31F2N5S2. The Labute approximate surface area is 198 Å². The molecule has 4 unspecified atom stereocenters. The Morgan fingerprint density at radius 3 is 2.84 bits per heavy atom. The lowest BCUT2D eigenvalue weighted by Gasteiger charge is -2.21. The lowest BCUT2D eigenvalue weighted by Crippen LogP contribution is -2.25. The number of anilines is 1. The van der Waals surface area contributed by atoms with Crippen LogP contribution in [-0.4, -0.2) is 51.4 Å². The number of hydrogen-bond donors (Lipinski definition) is 1. The molecule has 0 spiro atoms. The third-order valence-electron chi connectivity index (χ3n) is 6.38. The lowest BCUT2D eigenvalue weighted by molar-refractivity contribution is 0.355. The number of thioether (sulfide) groups is 1. The predicted octanol–water partition coefficient (Wildman–Crippen LogP) is 5.39. The van der Waals surface area contributed by atoms with Gasteiger partial charge in [0.1, 0.15) is 5.82 Å². The van der Waals surface area contributed by atoms with Crippen molar-refractivity contribution < 1.29 is 8.78 Å². The summed E-state index contributed by atoms with van der Waals surface area (Å²) in [6.45, 7) is 6.51. The number of halogens is 2. The van der Waals surface area contributed by atoms with Gasteiger partial charge < -0.3 is 4.72 Å². The van der Waals surface area contributed by atoms with E-state index in [1.165, 1.54) is 30.7 Å². The van der Waals surface area contributed by atoms with Crippen LogP contribution in [0.1, 0.15) is 44.4 Å². The minimum atomic E-state index is -0.825. The first-order valence-corrected chi connectivity index (χ1v) is 13.1. The smallest absolute Gasteiger partial charge is 0.190 e. The highest BCUT2D eigenvalue weighted by Crippen LogP contribution is 2.40. The highest BCUT2D eigenvalue weighted by molar-refractivity contribution is 7.98. The van der Waals surface area contributed by atoms with Crippen molar-refractivity contribution in [1.29, 1.82) is 0 Å². The van der Waals surface area contributed by atoms with Crippen molar-refractivity contribution in [2.75, 3.05) is 24.9 Å². The van der Waals surface area contributed by atoms with Gasteiger partial charge in [-0.15, -0.1) is 0 Å². The minimum absolute atomic E-state index is 0.283. The van der Waals surface area contributed by atoms with E-state index in [2.05, 4.69) is 44.8 Å². The quantitative estimate of drug-likeness (QED) is 0.224. The molecule has 174 valence electrons. The monoisotopic (exact) mass is 479 g/mol. The van der Waals surface area contributed by atoms with E-state index in [-0.39, 0.29) is 5.75 Å². The van der Waals surface area contributed by atoms with Crippen LogP contribution in [0.5, 0.6) is 0 Å². The third-order valence-corrected chi connectivity index (χ3v) is 8.16. The number of benzene rings is 1. The summed E-state index contributed by atoms with van der Waals surface area (Å²) in [6, 6.07) is 7.62. The van der Waals surface area contributed by atoms with Gasteiger partial charge in [-0.1, -0.05) is 50.6 Å². The molecule has 1 aromatic carbocycles. The summed E-state index contributed by atoms with van der Waals surface area (Å²) < 4.78 is 33.3. The van der Waals surface area contributed by atoms with Crippen LogP contribution < -0.4 is 4.72 Å². The Morgan fingerprint density at radius 2 is 2.06 bits per heavy atom. The minimum Gasteiger partial charge on any atom is -0.301 e. The number of nitrogens with one attached hydrogen (secondary N) is 1. The number of nitrogens with zero attached hydrogens (tertiary/aromatic N) is 4. The molecule has 3 heterocycles. The van der Waals surface area contributed by atoms with E-state index in [4.69, 9.17) is 0 Å². The zero-order chi connectivity index (χ0) is 22.7. The lowest BCUT2D eigenvalue weighted by atomic mass is 9.97. The third kappa shape index (κ3) is 5.55. The van der Waals surface area contributed by atoms with Crippen LogP contribution in [0.4, 0.5) is 14.6 Å². The van der Waals surface area contributed by atoms with Crippen LogP contribution in [0.2, 0.25) is 0 Å². The molecule has 2 aromatic rings. The average Bonchev–Trinajstić information content (AvgIpc) is 3.46. The van der Waals surface area contributed by atoms with Crippen LogP contribution in [-0.2, 0) is 12.2 Å². The molecule has 32 heavy (non-hydrogen) atoms. The molecule has 1 N–H and O–H groups in total. The average molecular weight is 480 g/mol. The Hall–Kier alpha value is -1.42. The van der Waals surface area contributed by atoms with Gasteiger partial charge in [0, 0.05) is 60.4 Å². The molecule has 4 atom stereocenters. The Kier molecular flexibility index (Phi) is 7.91. The van der Waals surface area contributed by atoms with Gasteiger partial charge in [0.2, 0.25) is 0 Å². The number of aromatic nitrogens is 2. The summed E-state index contributed by atoms with van der Waals surface area (Å²) in [5.41, 5.74) is 1.28. The van der Waals surface area contributed by atoms with E-state index in [1.807, 2.05) is 6.07 Å². The number of aryl methyl sites for hydroxylation is 1. The maximum atomic E-state index is 14.0. The van der Waals surface area contributed by atoms with Gasteiger partial charge in [-0.05, 0) is 31.9 Å². The molecule has 9 heteroatoms. The topological polar surface area (TPSA) is 44.1 Å². The molecule has 2 fully saturated rings. The van der Waals surface area contributed by atoms with Crippen LogP contribution >= 0.6 is 23.9 Å². The summed E-state index contributed by atoms with van der Waals surface area (Å²) in [5.74, 6) is 0.193. The predicted molar refractivity (Wildman–Crippen MR) is 128 cm³/mol. The highest BCUT2D eigenvalue weighted by Gasteiger charge is 2.50. The molecule has 0 aliphatic carbocycles. The first-order chi connectivity index (χ1) is 15.5. The summed E-state index contributed by atoms with van der Waals surface area (Å²) in [7, 11) is 2.23. The van der Waals surface area contributed by atoms with E-state index in [1.54, 1.807) is 18.2 Å². The van der Waals surface area contributed by atoms with Crippen molar-refractivity contribution in [2.45, 2.75) is 62.5 Å². The van der Waals surface area contributed by atoms with Crippen molar-refractivity contribution in [2.24, 2.45) is 5.92 Å². The van der Waals surface area contributed by atoms with Crippen molar-refractivity contribution in [3.8, 4) is 0 Å². The van der Waals surface area contributed by atoms with Gasteiger partial charge >= 0.3 is 0 Å². The van der Waals surface area contributed by atoms with Crippen molar-refractivity contribution >= 4 is 29.7 Å². The van der Waals surface area contributed by atoms with Crippen molar-refractivity contribution in [3.05, 3.63) is 47.2 Å². The maximum Gasteiger partial charge on any atom is 0.190 e. The molecule has 1 aromatic heterocycles.